The Labute approximate surface area is 170 Å². The van der Waals surface area contributed by atoms with Crippen molar-refractivity contribution in [2.24, 2.45) is 5.73 Å². The number of benzene rings is 1. The molecule has 146 valence electrons. The number of nitrogens with one attached hydrogen (secondary N) is 1. The fraction of sp³-hybridized carbons (Fsp3) is 0.250. The third-order valence-electron chi connectivity index (χ3n) is 4.18. The average molecular weight is 492 g/mol. The number of allylic oxidation sites excluding steroid dienone is 1. The van der Waals surface area contributed by atoms with Crippen LogP contribution in [0.5, 0.6) is 11.6 Å². The first kappa shape index (κ1) is 19.9. The number of amides is 1. The zero-order chi connectivity index (χ0) is 20.4. The standard InChI is InChI=1S/C20H21IN4O3/c1-5-28-20-17-18(11(2)10-24-20)25-12(3)16(19(23)26)21(17)14-7-6-13(9-22)8-15(14)27-4/h6-8,10,25H,5H2,1-4H3,(H2,23,26). The normalized spacial score (nSPS) is 14.0. The van der Waals surface area contributed by atoms with Crippen molar-refractivity contribution in [3.05, 3.63) is 51.9 Å². The number of fused-ring (bicyclic) bond motifs is 1. The van der Waals surface area contributed by atoms with Crippen LogP contribution >= 0.6 is 19.8 Å². The fourth-order valence-electron chi connectivity index (χ4n) is 2.97. The third kappa shape index (κ3) is 3.38. The van der Waals surface area contributed by atoms with Crippen LogP contribution in [0.15, 0.2) is 33.7 Å². The molecule has 0 aliphatic carbocycles. The van der Waals surface area contributed by atoms with Gasteiger partial charge >= 0.3 is 171 Å². The van der Waals surface area contributed by atoms with Crippen molar-refractivity contribution in [2.45, 2.75) is 20.8 Å². The van der Waals surface area contributed by atoms with Gasteiger partial charge in [0.05, 0.1) is 0 Å². The van der Waals surface area contributed by atoms with Crippen LogP contribution in [0.2, 0.25) is 0 Å². The molecule has 1 aliphatic heterocycles. The van der Waals surface area contributed by atoms with Gasteiger partial charge in [-0.15, -0.1) is 0 Å². The van der Waals surface area contributed by atoms with E-state index in [1.165, 1.54) is 0 Å². The number of methoxy groups -OCH3 is 1. The van der Waals surface area contributed by atoms with Gasteiger partial charge in [0, 0.05) is 0 Å². The molecule has 0 radical (unpaired) electrons. The Morgan fingerprint density at radius 3 is 2.75 bits per heavy atom. The van der Waals surface area contributed by atoms with Crippen molar-refractivity contribution in [3.63, 3.8) is 0 Å². The number of rotatable bonds is 5. The van der Waals surface area contributed by atoms with Crippen LogP contribution in [0.25, 0.3) is 0 Å². The Balaban J connectivity index is 2.37. The molecule has 7 nitrogen and oxygen atoms in total. The molecule has 28 heavy (non-hydrogen) atoms. The van der Waals surface area contributed by atoms with Crippen molar-refractivity contribution in [1.82, 2.24) is 4.98 Å². The number of hydrogen-bond acceptors (Lipinski definition) is 6. The molecule has 1 aromatic carbocycles. The summed E-state index contributed by atoms with van der Waals surface area (Å²) in [6, 6.07) is 7.39. The number of primary amides is 1. The Morgan fingerprint density at radius 2 is 2.14 bits per heavy atom. The molecule has 0 saturated carbocycles. The molecule has 0 bridgehead atoms. The quantitative estimate of drug-likeness (QED) is 0.620. The van der Waals surface area contributed by atoms with Crippen molar-refractivity contribution in [3.8, 4) is 17.7 Å². The zero-order valence-corrected chi connectivity index (χ0v) is 18.2. The van der Waals surface area contributed by atoms with Crippen LogP contribution in [0.4, 0.5) is 5.69 Å². The molecule has 8 heteroatoms. The predicted octanol–water partition coefficient (Wildman–Crippen LogP) is 3.36. The van der Waals surface area contributed by atoms with Gasteiger partial charge in [0.1, 0.15) is 0 Å². The first-order chi connectivity index (χ1) is 13.4. The molecule has 0 atom stereocenters. The summed E-state index contributed by atoms with van der Waals surface area (Å²) in [5.74, 6) is 0.585. The number of carbonyl (C=O) groups is 1. The topological polar surface area (TPSA) is 110 Å². The number of ether oxygens (including phenoxy) is 2. The first-order valence-electron chi connectivity index (χ1n) is 8.60. The van der Waals surface area contributed by atoms with Crippen LogP contribution in [0.3, 0.4) is 0 Å². The zero-order valence-electron chi connectivity index (χ0n) is 16.1. The van der Waals surface area contributed by atoms with Crippen LogP contribution in [-0.4, -0.2) is 24.6 Å². The van der Waals surface area contributed by atoms with Crippen LogP contribution in [0, 0.1) is 25.4 Å². The molecule has 0 spiro atoms. The number of pyridine rings is 1. The maximum atomic E-state index is 12.4. The second-order valence-corrected chi connectivity index (χ2v) is 11.0. The molecule has 3 N–H and O–H groups in total. The number of carbonyl (C=O) groups excluding carboxylic acids is 1. The summed E-state index contributed by atoms with van der Waals surface area (Å²) in [5, 5.41) is 12.6. The molecular weight excluding hydrogens is 471 g/mol. The van der Waals surface area contributed by atoms with E-state index in [9.17, 15) is 10.1 Å². The third-order valence-corrected chi connectivity index (χ3v) is 10.7. The summed E-state index contributed by atoms with van der Waals surface area (Å²) in [6.07, 6.45) is 1.75. The summed E-state index contributed by atoms with van der Waals surface area (Å²) >= 11 is -2.62. The molecule has 2 heterocycles. The van der Waals surface area contributed by atoms with Gasteiger partial charge in [-0.1, -0.05) is 0 Å². The Hall–Kier alpha value is -2.80. The fourth-order valence-corrected chi connectivity index (χ4v) is 9.45. The van der Waals surface area contributed by atoms with Gasteiger partial charge in [0.15, 0.2) is 0 Å². The van der Waals surface area contributed by atoms with Crippen LogP contribution < -0.4 is 20.5 Å². The van der Waals surface area contributed by atoms with Crippen LogP contribution in [0.1, 0.15) is 25.0 Å². The van der Waals surface area contributed by atoms with E-state index in [1.54, 1.807) is 25.4 Å². The Kier molecular flexibility index (Phi) is 5.74. The molecule has 0 unspecified atom stereocenters. The van der Waals surface area contributed by atoms with Crippen molar-refractivity contribution >= 4 is 31.4 Å². The second kappa shape index (κ2) is 8.06. The van der Waals surface area contributed by atoms with Crippen molar-refractivity contribution < 1.29 is 14.3 Å². The number of nitrogens with zero attached hydrogens (tertiary/aromatic N) is 2. The Morgan fingerprint density at radius 1 is 1.39 bits per heavy atom. The molecule has 0 fully saturated rings. The molecule has 1 aliphatic rings. The minimum atomic E-state index is -2.62. The molecular formula is C20H21IN4O3. The minimum absolute atomic E-state index is 0.450. The number of aromatic nitrogens is 1. The number of nitrogens with two attached hydrogens (primary N) is 1. The number of hydrogen-bond donors (Lipinski definition) is 2. The summed E-state index contributed by atoms with van der Waals surface area (Å²) in [6.45, 7) is 6.15. The number of aryl methyl sites for hydroxylation is 1. The molecule has 1 aromatic heterocycles. The van der Waals surface area contributed by atoms with Crippen molar-refractivity contribution in [1.29, 1.82) is 5.26 Å². The van der Waals surface area contributed by atoms with Gasteiger partial charge in [0.2, 0.25) is 0 Å². The Bertz CT molecular complexity index is 1030. The summed E-state index contributed by atoms with van der Waals surface area (Å²) in [7, 11) is 1.55. The van der Waals surface area contributed by atoms with Gasteiger partial charge in [-0.2, -0.15) is 0 Å². The van der Waals surface area contributed by atoms with Gasteiger partial charge in [-0.3, -0.25) is 0 Å². The van der Waals surface area contributed by atoms with E-state index in [1.807, 2.05) is 26.8 Å². The van der Waals surface area contributed by atoms with Gasteiger partial charge in [-0.25, -0.2) is 0 Å². The van der Waals surface area contributed by atoms with Gasteiger partial charge in [0.25, 0.3) is 0 Å². The molecule has 3 rings (SSSR count). The number of anilines is 1. The van der Waals surface area contributed by atoms with E-state index in [-0.39, 0.29) is 0 Å². The first-order valence-corrected chi connectivity index (χ1v) is 11.8. The average Bonchev–Trinajstić information content (AvgIpc) is 2.68. The van der Waals surface area contributed by atoms with Gasteiger partial charge < -0.3 is 0 Å². The van der Waals surface area contributed by atoms with Crippen molar-refractivity contribution in [2.75, 3.05) is 19.0 Å². The SMILES string of the molecule is CCOc1ncc(C)c2c1I(c1ccc(C#N)cc1OC)C(C(N)=O)=C(C)N2. The van der Waals surface area contributed by atoms with Gasteiger partial charge in [-0.05, 0) is 0 Å². The molecule has 1 amide bonds. The number of halogens is 1. The second-order valence-electron chi connectivity index (χ2n) is 6.04. The summed E-state index contributed by atoms with van der Waals surface area (Å²) in [4.78, 5) is 16.9. The molecule has 2 aromatic rings. The van der Waals surface area contributed by atoms with E-state index >= 15 is 0 Å². The van der Waals surface area contributed by atoms with E-state index in [4.69, 9.17) is 15.2 Å². The summed E-state index contributed by atoms with van der Waals surface area (Å²) < 4.78 is 13.7. The molecule has 0 saturated heterocycles. The summed E-state index contributed by atoms with van der Waals surface area (Å²) in [5.41, 5.74) is 8.87. The van der Waals surface area contributed by atoms with E-state index in [2.05, 4.69) is 16.4 Å². The van der Waals surface area contributed by atoms with E-state index in [0.29, 0.717) is 27.4 Å². The van der Waals surface area contributed by atoms with Crippen LogP contribution in [-0.2, 0) is 4.79 Å². The monoisotopic (exact) mass is 492 g/mol. The number of nitriles is 1. The van der Waals surface area contributed by atoms with E-state index < -0.39 is 25.7 Å². The van der Waals surface area contributed by atoms with E-state index in [0.717, 1.165) is 24.1 Å². The predicted molar refractivity (Wildman–Crippen MR) is 115 cm³/mol. The maximum absolute atomic E-state index is 12.4.